The van der Waals surface area contributed by atoms with Crippen molar-refractivity contribution in [2.45, 2.75) is 23.8 Å². The number of nitrogens with one attached hydrogen (secondary N) is 2. The highest BCUT2D eigenvalue weighted by molar-refractivity contribution is 7.98. The largest absolute Gasteiger partial charge is 0.361 e. The highest BCUT2D eigenvalue weighted by atomic mass is 32.2. The molecule has 4 aromatic rings. The van der Waals surface area contributed by atoms with E-state index < -0.39 is 11.9 Å². The molecule has 7 heteroatoms. The lowest BCUT2D eigenvalue weighted by Gasteiger charge is -2.33. The first-order chi connectivity index (χ1) is 16.6. The summed E-state index contributed by atoms with van der Waals surface area (Å²) < 4.78 is 15.6. The lowest BCUT2D eigenvalue weighted by Crippen LogP contribution is -2.52. The van der Waals surface area contributed by atoms with E-state index in [2.05, 4.69) is 10.3 Å². The van der Waals surface area contributed by atoms with Crippen LogP contribution in [0.4, 0.5) is 10.1 Å². The third-order valence-electron chi connectivity index (χ3n) is 6.22. The molecule has 1 atom stereocenters. The van der Waals surface area contributed by atoms with Gasteiger partial charge >= 0.3 is 0 Å². The third kappa shape index (κ3) is 4.07. The van der Waals surface area contributed by atoms with Crippen molar-refractivity contribution in [2.75, 3.05) is 17.7 Å². The van der Waals surface area contributed by atoms with Gasteiger partial charge in [-0.2, -0.15) is 0 Å². The quantitative estimate of drug-likeness (QED) is 0.370. The van der Waals surface area contributed by atoms with E-state index in [0.29, 0.717) is 29.8 Å². The zero-order valence-corrected chi connectivity index (χ0v) is 19.5. The average molecular weight is 474 g/mol. The van der Waals surface area contributed by atoms with Gasteiger partial charge in [0.1, 0.15) is 6.04 Å². The van der Waals surface area contributed by atoms with Crippen LogP contribution in [0.15, 0.2) is 77.8 Å². The van der Waals surface area contributed by atoms with Crippen LogP contribution < -0.4 is 10.2 Å². The number of anilines is 1. The number of aromatic nitrogens is 1. The number of benzene rings is 3. The predicted molar refractivity (Wildman–Crippen MR) is 135 cm³/mol. The maximum atomic E-state index is 15.6. The summed E-state index contributed by atoms with van der Waals surface area (Å²) in [6, 6.07) is 19.7. The average Bonchev–Trinajstić information content (AvgIpc) is 3.34. The second kappa shape index (κ2) is 9.35. The summed E-state index contributed by atoms with van der Waals surface area (Å²) in [5, 5.41) is 3.78. The number of thioether (sulfide) groups is 1. The van der Waals surface area contributed by atoms with Gasteiger partial charge in [-0.1, -0.05) is 36.4 Å². The minimum absolute atomic E-state index is 0.252. The topological polar surface area (TPSA) is 65.2 Å². The van der Waals surface area contributed by atoms with Gasteiger partial charge in [0.15, 0.2) is 5.82 Å². The molecule has 1 fully saturated rings. The molecule has 1 unspecified atom stereocenters. The Morgan fingerprint density at radius 2 is 1.94 bits per heavy atom. The summed E-state index contributed by atoms with van der Waals surface area (Å²) in [6.45, 7) is 0.413. The molecule has 0 bridgehead atoms. The van der Waals surface area contributed by atoms with Gasteiger partial charge in [0.25, 0.3) is 5.91 Å². The summed E-state index contributed by atoms with van der Waals surface area (Å²) in [6.07, 6.45) is 4.83. The van der Waals surface area contributed by atoms with Gasteiger partial charge in [-0.25, -0.2) is 4.39 Å². The molecule has 1 aliphatic rings. The van der Waals surface area contributed by atoms with Crippen molar-refractivity contribution in [3.8, 4) is 11.1 Å². The Labute approximate surface area is 201 Å². The minimum atomic E-state index is -0.700. The Balaban J connectivity index is 1.39. The maximum Gasteiger partial charge on any atom is 0.251 e. The predicted octanol–water partition coefficient (Wildman–Crippen LogP) is 5.62. The van der Waals surface area contributed by atoms with Crippen molar-refractivity contribution in [1.82, 2.24) is 10.3 Å². The SMILES string of the molecule is CSc1c(-c2ccccc2)ccc(N2CCCC(NC(=O)c3ccc4[nH]ccc4c3)C2=O)c1F. The number of hydrogen-bond acceptors (Lipinski definition) is 3. The van der Waals surface area contributed by atoms with Gasteiger partial charge in [0.2, 0.25) is 5.91 Å². The van der Waals surface area contributed by atoms with Crippen LogP contribution in [0.1, 0.15) is 23.2 Å². The summed E-state index contributed by atoms with van der Waals surface area (Å²) in [5.74, 6) is -1.01. The standard InChI is InChI=1S/C27H24FN3O2S/c1-34-25-20(17-6-3-2-4-7-17)10-12-23(24(25)28)31-15-5-8-22(27(31)33)30-26(32)19-9-11-21-18(16-19)13-14-29-21/h2-4,6-7,9-14,16,22,29H,5,8,15H2,1H3,(H,30,32). The summed E-state index contributed by atoms with van der Waals surface area (Å²) in [5.41, 5.74) is 3.40. The Morgan fingerprint density at radius 1 is 1.12 bits per heavy atom. The lowest BCUT2D eigenvalue weighted by molar-refractivity contribution is -0.121. The molecule has 5 rings (SSSR count). The fourth-order valence-corrected chi connectivity index (χ4v) is 5.17. The lowest BCUT2D eigenvalue weighted by atomic mass is 10.0. The van der Waals surface area contributed by atoms with E-state index in [0.717, 1.165) is 22.0 Å². The second-order valence-electron chi connectivity index (χ2n) is 8.28. The van der Waals surface area contributed by atoms with Crippen molar-refractivity contribution in [3.05, 3.63) is 84.3 Å². The smallest absolute Gasteiger partial charge is 0.251 e. The first-order valence-electron chi connectivity index (χ1n) is 11.2. The minimum Gasteiger partial charge on any atom is -0.361 e. The van der Waals surface area contributed by atoms with Crippen LogP contribution in [0.25, 0.3) is 22.0 Å². The Morgan fingerprint density at radius 3 is 2.74 bits per heavy atom. The van der Waals surface area contributed by atoms with Crippen molar-refractivity contribution in [3.63, 3.8) is 0 Å². The van der Waals surface area contributed by atoms with Crippen LogP contribution >= 0.6 is 11.8 Å². The molecule has 1 aliphatic heterocycles. The van der Waals surface area contributed by atoms with E-state index in [4.69, 9.17) is 0 Å². The molecule has 0 saturated carbocycles. The summed E-state index contributed by atoms with van der Waals surface area (Å²) >= 11 is 1.32. The number of piperidine rings is 1. The molecule has 1 aromatic heterocycles. The number of halogens is 1. The van der Waals surface area contributed by atoms with Crippen LogP contribution in [0.5, 0.6) is 0 Å². The van der Waals surface area contributed by atoms with Crippen LogP contribution in [-0.2, 0) is 4.79 Å². The Bertz CT molecular complexity index is 1370. The van der Waals surface area contributed by atoms with Gasteiger partial charge in [0, 0.05) is 29.2 Å². The van der Waals surface area contributed by atoms with Gasteiger partial charge < -0.3 is 15.2 Å². The molecule has 1 saturated heterocycles. The zero-order valence-electron chi connectivity index (χ0n) is 18.7. The molecule has 0 radical (unpaired) electrons. The molecule has 0 aliphatic carbocycles. The Hall–Kier alpha value is -3.58. The number of aromatic amines is 1. The molecule has 3 aromatic carbocycles. The normalized spacial score (nSPS) is 16.1. The number of amides is 2. The molecular weight excluding hydrogens is 449 g/mol. The maximum absolute atomic E-state index is 15.6. The molecule has 5 nitrogen and oxygen atoms in total. The molecule has 2 N–H and O–H groups in total. The van der Waals surface area contributed by atoms with E-state index in [1.807, 2.05) is 61.0 Å². The number of fused-ring (bicyclic) bond motifs is 1. The molecular formula is C27H24FN3O2S. The van der Waals surface area contributed by atoms with E-state index in [1.54, 1.807) is 18.2 Å². The zero-order chi connectivity index (χ0) is 23.7. The number of carbonyl (C=O) groups excluding carboxylic acids is 2. The first kappa shape index (κ1) is 22.2. The van der Waals surface area contributed by atoms with Crippen LogP contribution in [-0.4, -0.2) is 35.6 Å². The van der Waals surface area contributed by atoms with Gasteiger partial charge in [-0.3, -0.25) is 9.59 Å². The van der Waals surface area contributed by atoms with Gasteiger partial charge in [0.05, 0.1) is 10.6 Å². The fraction of sp³-hybridized carbons (Fsp3) is 0.185. The molecule has 172 valence electrons. The number of carbonyl (C=O) groups is 2. The van der Waals surface area contributed by atoms with Crippen LogP contribution in [0.3, 0.4) is 0 Å². The van der Waals surface area contributed by atoms with Gasteiger partial charge in [-0.05, 0) is 60.6 Å². The van der Waals surface area contributed by atoms with Crippen LogP contribution in [0, 0.1) is 5.82 Å². The van der Waals surface area contributed by atoms with Crippen molar-refractivity contribution in [2.24, 2.45) is 0 Å². The van der Waals surface area contributed by atoms with Crippen molar-refractivity contribution >= 4 is 40.2 Å². The number of rotatable bonds is 5. The van der Waals surface area contributed by atoms with Crippen LogP contribution in [0.2, 0.25) is 0 Å². The van der Waals surface area contributed by atoms with E-state index in [1.165, 1.54) is 16.7 Å². The second-order valence-corrected chi connectivity index (χ2v) is 9.10. The first-order valence-corrected chi connectivity index (χ1v) is 12.4. The van der Waals surface area contributed by atoms with E-state index in [9.17, 15) is 9.59 Å². The molecule has 34 heavy (non-hydrogen) atoms. The number of hydrogen-bond donors (Lipinski definition) is 2. The van der Waals surface area contributed by atoms with Crippen molar-refractivity contribution in [1.29, 1.82) is 0 Å². The number of nitrogens with zero attached hydrogens (tertiary/aromatic N) is 1. The summed E-state index contributed by atoms with van der Waals surface area (Å²) in [7, 11) is 0. The van der Waals surface area contributed by atoms with Gasteiger partial charge in [-0.15, -0.1) is 11.8 Å². The number of H-pyrrole nitrogens is 1. The highest BCUT2D eigenvalue weighted by Gasteiger charge is 2.33. The third-order valence-corrected chi connectivity index (χ3v) is 7.02. The highest BCUT2D eigenvalue weighted by Crippen LogP contribution is 2.38. The Kier molecular flexibility index (Phi) is 6.11. The molecule has 2 heterocycles. The van der Waals surface area contributed by atoms with Crippen molar-refractivity contribution < 1.29 is 14.0 Å². The summed E-state index contributed by atoms with van der Waals surface area (Å²) in [4.78, 5) is 31.2. The van der Waals surface area contributed by atoms with E-state index >= 15 is 4.39 Å². The van der Waals surface area contributed by atoms with E-state index in [-0.39, 0.29) is 17.5 Å². The molecule has 0 spiro atoms. The molecule has 2 amide bonds. The monoisotopic (exact) mass is 473 g/mol. The fourth-order valence-electron chi connectivity index (χ4n) is 4.48.